The highest BCUT2D eigenvalue weighted by atomic mass is 32.2. The maximum atomic E-state index is 14.9. The summed E-state index contributed by atoms with van der Waals surface area (Å²) in [5.41, 5.74) is -4.54. The topological polar surface area (TPSA) is 192 Å². The van der Waals surface area contributed by atoms with Gasteiger partial charge < -0.3 is 34.5 Å². The highest BCUT2D eigenvalue weighted by Crippen LogP contribution is 2.48. The zero-order valence-electron chi connectivity index (χ0n) is 34.2. The van der Waals surface area contributed by atoms with E-state index in [1.165, 1.54) is 18.0 Å². The third-order valence-corrected chi connectivity index (χ3v) is 14.8. The summed E-state index contributed by atoms with van der Waals surface area (Å²) in [4.78, 5) is 62.4. The van der Waals surface area contributed by atoms with E-state index in [2.05, 4.69) is 20.3 Å². The van der Waals surface area contributed by atoms with Crippen LogP contribution in [-0.2, 0) is 29.1 Å². The summed E-state index contributed by atoms with van der Waals surface area (Å²) in [5.74, 6) is -2.42. The van der Waals surface area contributed by atoms with Crippen LogP contribution in [0.5, 0.6) is 17.4 Å². The van der Waals surface area contributed by atoms with Gasteiger partial charge in [-0.1, -0.05) is 32.4 Å². The predicted octanol–water partition coefficient (Wildman–Crippen LogP) is 5.07. The summed E-state index contributed by atoms with van der Waals surface area (Å²) in [6.45, 7) is 7.18. The maximum Gasteiger partial charge on any atom is 0.427 e. The van der Waals surface area contributed by atoms with Crippen molar-refractivity contribution >= 4 is 44.6 Å². The SMILES string of the molecule is CC[C@@H]1C[C@@H](C)CC/C=C\C2C[C@@]2(C(=O)NS(=O)(=O)C2(C)CC2)NC(=O)[C@@H]2C[C@@H](Oc3nccc4c5c(ccc34)OCCO5)CN2C(=O)[C@H]1NC(=O)OC(C)(C)C(F)(F)F. The maximum absolute atomic E-state index is 14.9. The monoisotopic (exact) mass is 863 g/mol. The second-order valence-corrected chi connectivity index (χ2v) is 19.7. The number of alkyl carbamates (subject to hydrolysis) is 1. The number of ether oxygens (including phenoxy) is 4. The van der Waals surface area contributed by atoms with Crippen molar-refractivity contribution in [3.05, 3.63) is 36.5 Å². The van der Waals surface area contributed by atoms with Gasteiger partial charge in [0.05, 0.1) is 11.3 Å². The number of benzene rings is 1. The molecule has 4 heterocycles. The third kappa shape index (κ3) is 8.42. The Morgan fingerprint density at radius 2 is 1.82 bits per heavy atom. The number of hydrogen-bond donors (Lipinski definition) is 3. The van der Waals surface area contributed by atoms with Gasteiger partial charge in [-0.15, -0.1) is 0 Å². The smallest absolute Gasteiger partial charge is 0.427 e. The number of nitrogens with one attached hydrogen (secondary N) is 3. The molecule has 7 atom stereocenters. The zero-order chi connectivity index (χ0) is 43.4. The molecule has 2 saturated carbocycles. The highest BCUT2D eigenvalue weighted by Gasteiger charge is 2.63. The van der Waals surface area contributed by atoms with E-state index in [0.717, 1.165) is 0 Å². The fraction of sp³-hybridized carbons (Fsp3) is 0.634. The number of carbonyl (C=O) groups excluding carboxylic acids is 4. The summed E-state index contributed by atoms with van der Waals surface area (Å²) >= 11 is 0. The number of pyridine rings is 1. The molecule has 2 aliphatic carbocycles. The molecule has 0 radical (unpaired) electrons. The van der Waals surface area contributed by atoms with Crippen molar-refractivity contribution in [2.24, 2.45) is 17.8 Å². The lowest BCUT2D eigenvalue weighted by molar-refractivity contribution is -0.244. The first-order valence-corrected chi connectivity index (χ1v) is 21.9. The Morgan fingerprint density at radius 3 is 2.52 bits per heavy atom. The largest absolute Gasteiger partial charge is 0.486 e. The van der Waals surface area contributed by atoms with Gasteiger partial charge in [0.2, 0.25) is 33.3 Å². The van der Waals surface area contributed by atoms with Gasteiger partial charge in [-0.25, -0.2) is 18.2 Å². The molecule has 0 spiro atoms. The van der Waals surface area contributed by atoms with Crippen LogP contribution >= 0.6 is 0 Å². The van der Waals surface area contributed by atoms with Crippen LogP contribution in [0.1, 0.15) is 86.0 Å². The molecule has 15 nitrogen and oxygen atoms in total. The van der Waals surface area contributed by atoms with E-state index in [4.69, 9.17) is 18.9 Å². The number of rotatable bonds is 8. The lowest BCUT2D eigenvalue weighted by Gasteiger charge is -2.35. The molecule has 328 valence electrons. The van der Waals surface area contributed by atoms with Gasteiger partial charge in [0, 0.05) is 29.3 Å². The van der Waals surface area contributed by atoms with Gasteiger partial charge in [-0.05, 0) is 89.3 Å². The van der Waals surface area contributed by atoms with Crippen LogP contribution in [0.25, 0.3) is 10.8 Å². The fourth-order valence-electron chi connectivity index (χ4n) is 8.25. The molecule has 3 N–H and O–H groups in total. The number of fused-ring (bicyclic) bond motifs is 5. The zero-order valence-corrected chi connectivity index (χ0v) is 35.0. The normalized spacial score (nSPS) is 29.8. The van der Waals surface area contributed by atoms with Crippen molar-refractivity contribution in [1.82, 2.24) is 25.2 Å². The van der Waals surface area contributed by atoms with Crippen molar-refractivity contribution in [2.45, 2.75) is 126 Å². The molecule has 3 fully saturated rings. The quantitative estimate of drug-likeness (QED) is 0.301. The van der Waals surface area contributed by atoms with Gasteiger partial charge in [-0.3, -0.25) is 19.1 Å². The Labute approximate surface area is 346 Å². The molecule has 1 aromatic carbocycles. The first-order valence-electron chi connectivity index (χ1n) is 20.4. The average molecular weight is 864 g/mol. The van der Waals surface area contributed by atoms with Crippen LogP contribution < -0.4 is 29.6 Å². The Morgan fingerprint density at radius 1 is 1.08 bits per heavy atom. The number of hydrogen-bond acceptors (Lipinski definition) is 11. The molecule has 0 bridgehead atoms. The van der Waals surface area contributed by atoms with E-state index < -0.39 is 85.9 Å². The van der Waals surface area contributed by atoms with Crippen LogP contribution in [0.15, 0.2) is 36.5 Å². The number of nitrogens with zero attached hydrogens (tertiary/aromatic N) is 2. The van der Waals surface area contributed by atoms with E-state index in [1.807, 2.05) is 13.0 Å². The van der Waals surface area contributed by atoms with Crippen molar-refractivity contribution in [3.8, 4) is 17.4 Å². The molecule has 1 aromatic heterocycles. The number of alkyl halides is 3. The van der Waals surface area contributed by atoms with E-state index >= 15 is 0 Å². The van der Waals surface area contributed by atoms with Crippen LogP contribution in [-0.4, -0.2) is 102 Å². The summed E-state index contributed by atoms with van der Waals surface area (Å²) < 4.78 is 91.9. The molecule has 1 unspecified atom stereocenters. The van der Waals surface area contributed by atoms with E-state index in [0.29, 0.717) is 87.9 Å². The second-order valence-electron chi connectivity index (χ2n) is 17.5. The van der Waals surface area contributed by atoms with Gasteiger partial charge in [-0.2, -0.15) is 13.2 Å². The molecule has 5 aliphatic rings. The van der Waals surface area contributed by atoms with Gasteiger partial charge >= 0.3 is 12.3 Å². The van der Waals surface area contributed by atoms with E-state index in [-0.39, 0.29) is 31.2 Å². The molecule has 19 heteroatoms. The van der Waals surface area contributed by atoms with Crippen molar-refractivity contribution < 1.29 is 59.7 Å². The molecular weight excluding hydrogens is 812 g/mol. The molecule has 2 aromatic rings. The fourth-order valence-corrected chi connectivity index (χ4v) is 9.56. The Hall–Kier alpha value is -4.81. The molecule has 1 saturated heterocycles. The summed E-state index contributed by atoms with van der Waals surface area (Å²) in [6.07, 6.45) is 0.510. The number of carbonyl (C=O) groups is 4. The number of amides is 4. The van der Waals surface area contributed by atoms with E-state index in [1.54, 1.807) is 31.2 Å². The Balaban J connectivity index is 1.24. The summed E-state index contributed by atoms with van der Waals surface area (Å²) in [6, 6.07) is 2.44. The first-order chi connectivity index (χ1) is 28.2. The van der Waals surface area contributed by atoms with Crippen molar-refractivity contribution in [2.75, 3.05) is 19.8 Å². The molecule has 60 heavy (non-hydrogen) atoms. The molecule has 7 rings (SSSR count). The first kappa shape index (κ1) is 43.3. The van der Waals surface area contributed by atoms with Crippen molar-refractivity contribution in [1.29, 1.82) is 0 Å². The number of halogens is 3. The summed E-state index contributed by atoms with van der Waals surface area (Å²) in [7, 11) is -4.09. The lowest BCUT2D eigenvalue weighted by Crippen LogP contribution is -2.60. The van der Waals surface area contributed by atoms with Crippen LogP contribution in [0.4, 0.5) is 18.0 Å². The molecule has 4 amide bonds. The molecule has 3 aliphatic heterocycles. The highest BCUT2D eigenvalue weighted by molar-refractivity contribution is 7.91. The van der Waals surface area contributed by atoms with E-state index in [9.17, 15) is 40.8 Å². The minimum atomic E-state index is -4.92. The second kappa shape index (κ2) is 15.9. The minimum absolute atomic E-state index is 0.0380. The lowest BCUT2D eigenvalue weighted by atomic mass is 9.85. The third-order valence-electron chi connectivity index (χ3n) is 12.6. The summed E-state index contributed by atoms with van der Waals surface area (Å²) in [5, 5.41) is 6.46. The van der Waals surface area contributed by atoms with Gasteiger partial charge in [0.1, 0.15) is 36.9 Å². The van der Waals surface area contributed by atoms with Crippen molar-refractivity contribution in [3.63, 3.8) is 0 Å². The standard InChI is InChI=1S/C41H52F3N5O10S/c1-6-24-19-23(2)9-7-8-10-25-21-40(25,36(52)48-60(54,55)39(5)14-15-39)47-33(50)29-20-26(22-49(29)35(51)31(24)46-37(53)59-38(3,4)41(42,43)44)58-34-28-11-12-30-32(57-18-17-56-30)27(28)13-16-45-34/h8,10-13,16,23-26,29,31H,6-7,9,14-15,17-22H2,1-5H3,(H,46,53)(H,47,50)(H,48,52)/b10-8-/t23-,24+,25?,26+,29-,31-,40+/m0/s1. The minimum Gasteiger partial charge on any atom is -0.486 e. The molecular formula is C41H52F3N5O10S. The van der Waals surface area contributed by atoms with Crippen LogP contribution in [0, 0.1) is 17.8 Å². The number of aromatic nitrogens is 1. The average Bonchev–Trinajstić information content (AvgIpc) is 4.07. The van der Waals surface area contributed by atoms with Crippen LogP contribution in [0.2, 0.25) is 0 Å². The Bertz CT molecular complexity index is 2180. The van der Waals surface area contributed by atoms with Gasteiger partial charge in [0.25, 0.3) is 5.91 Å². The Kier molecular flexibility index (Phi) is 11.5. The number of allylic oxidation sites excluding steroid dienone is 1. The van der Waals surface area contributed by atoms with Crippen LogP contribution in [0.3, 0.4) is 0 Å². The predicted molar refractivity (Wildman–Crippen MR) is 210 cm³/mol. The number of sulfonamides is 1. The van der Waals surface area contributed by atoms with Gasteiger partial charge in [0.15, 0.2) is 11.5 Å².